The van der Waals surface area contributed by atoms with Crippen LogP contribution in [0.3, 0.4) is 0 Å². The van der Waals surface area contributed by atoms with Crippen molar-refractivity contribution in [2.45, 2.75) is 32.2 Å². The zero-order valence-electron chi connectivity index (χ0n) is 11.2. The van der Waals surface area contributed by atoms with Gasteiger partial charge in [0.25, 0.3) is 0 Å². The van der Waals surface area contributed by atoms with Crippen LogP contribution in [0.15, 0.2) is 24.3 Å². The van der Waals surface area contributed by atoms with Crippen molar-refractivity contribution >= 4 is 29.1 Å². The Balaban J connectivity index is 1.86. The third kappa shape index (κ3) is 4.72. The van der Waals surface area contributed by atoms with Crippen LogP contribution in [0.25, 0.3) is 0 Å². The molecule has 2 rings (SSSR count). The second-order valence-corrected chi connectivity index (χ2v) is 4.83. The molecule has 1 fully saturated rings. The fourth-order valence-electron chi connectivity index (χ4n) is 1.74. The Morgan fingerprint density at radius 3 is 2.35 bits per heavy atom. The Morgan fingerprint density at radius 1 is 1.10 bits per heavy atom. The van der Waals surface area contributed by atoms with Gasteiger partial charge < -0.3 is 16.0 Å². The van der Waals surface area contributed by atoms with E-state index in [1.165, 1.54) is 6.92 Å². The first kappa shape index (κ1) is 14.0. The summed E-state index contributed by atoms with van der Waals surface area (Å²) in [4.78, 5) is 34.1. The molecule has 0 atom stereocenters. The van der Waals surface area contributed by atoms with Crippen LogP contribution in [0.4, 0.5) is 11.4 Å². The molecular formula is C14H17N3O3. The van der Waals surface area contributed by atoms with Gasteiger partial charge in [0.1, 0.15) is 6.42 Å². The summed E-state index contributed by atoms with van der Waals surface area (Å²) < 4.78 is 0. The highest BCUT2D eigenvalue weighted by atomic mass is 16.2. The molecule has 0 saturated heterocycles. The molecule has 0 aromatic heterocycles. The quantitative estimate of drug-likeness (QED) is 0.707. The third-order valence-corrected chi connectivity index (χ3v) is 2.73. The maximum Gasteiger partial charge on any atom is 0.233 e. The topological polar surface area (TPSA) is 87.3 Å². The van der Waals surface area contributed by atoms with Gasteiger partial charge in [0.15, 0.2) is 0 Å². The standard InChI is InChI=1S/C14H17N3O3/c1-9(18)15-11-3-2-4-12(7-11)17-14(20)8-13(19)16-10-5-6-10/h2-4,7,10H,5-6,8H2,1H3,(H,15,18)(H,16,19)(H,17,20). The Kier molecular flexibility index (Phi) is 4.34. The van der Waals surface area contributed by atoms with Gasteiger partial charge in [0.05, 0.1) is 0 Å². The number of benzene rings is 1. The minimum atomic E-state index is -0.372. The number of hydrogen-bond acceptors (Lipinski definition) is 3. The Labute approximate surface area is 116 Å². The number of nitrogens with one attached hydrogen (secondary N) is 3. The lowest BCUT2D eigenvalue weighted by atomic mass is 10.2. The maximum atomic E-state index is 11.7. The number of anilines is 2. The van der Waals surface area contributed by atoms with Crippen molar-refractivity contribution in [3.05, 3.63) is 24.3 Å². The Hall–Kier alpha value is -2.37. The van der Waals surface area contributed by atoms with Crippen LogP contribution in [-0.4, -0.2) is 23.8 Å². The smallest absolute Gasteiger partial charge is 0.233 e. The largest absolute Gasteiger partial charge is 0.353 e. The van der Waals surface area contributed by atoms with Gasteiger partial charge in [-0.2, -0.15) is 0 Å². The van der Waals surface area contributed by atoms with Crippen LogP contribution >= 0.6 is 0 Å². The lowest BCUT2D eigenvalue weighted by Crippen LogP contribution is -2.29. The van der Waals surface area contributed by atoms with E-state index in [4.69, 9.17) is 0 Å². The van der Waals surface area contributed by atoms with Gasteiger partial charge in [-0.1, -0.05) is 6.07 Å². The monoisotopic (exact) mass is 275 g/mol. The van der Waals surface area contributed by atoms with Crippen LogP contribution in [0.5, 0.6) is 0 Å². The molecule has 1 aliphatic carbocycles. The molecule has 3 N–H and O–H groups in total. The van der Waals surface area contributed by atoms with E-state index in [2.05, 4.69) is 16.0 Å². The van der Waals surface area contributed by atoms with Crippen LogP contribution < -0.4 is 16.0 Å². The second-order valence-electron chi connectivity index (χ2n) is 4.83. The highest BCUT2D eigenvalue weighted by Crippen LogP contribution is 2.19. The molecule has 0 spiro atoms. The molecule has 0 unspecified atom stereocenters. The first-order valence-electron chi connectivity index (χ1n) is 6.50. The molecule has 1 aromatic carbocycles. The van der Waals surface area contributed by atoms with Gasteiger partial charge in [-0.05, 0) is 31.0 Å². The second kappa shape index (κ2) is 6.18. The Bertz CT molecular complexity index is 538. The summed E-state index contributed by atoms with van der Waals surface area (Å²) in [6.07, 6.45) is 1.79. The molecule has 6 heteroatoms. The molecule has 0 bridgehead atoms. The van der Waals surface area contributed by atoms with Gasteiger partial charge in [0, 0.05) is 24.3 Å². The molecular weight excluding hydrogens is 258 g/mol. The molecule has 106 valence electrons. The predicted molar refractivity (Wildman–Crippen MR) is 75.2 cm³/mol. The summed E-state index contributed by atoms with van der Waals surface area (Å²) in [5.41, 5.74) is 1.14. The van der Waals surface area contributed by atoms with E-state index in [-0.39, 0.29) is 30.2 Å². The Morgan fingerprint density at radius 2 is 1.75 bits per heavy atom. The van der Waals surface area contributed by atoms with Crippen LogP contribution in [-0.2, 0) is 14.4 Å². The van der Waals surface area contributed by atoms with E-state index in [0.717, 1.165) is 12.8 Å². The summed E-state index contributed by atoms with van der Waals surface area (Å²) in [6.45, 7) is 1.41. The minimum Gasteiger partial charge on any atom is -0.353 e. The van der Waals surface area contributed by atoms with Crippen molar-refractivity contribution in [1.29, 1.82) is 0 Å². The van der Waals surface area contributed by atoms with E-state index >= 15 is 0 Å². The fraction of sp³-hybridized carbons (Fsp3) is 0.357. The van der Waals surface area contributed by atoms with Crippen LogP contribution in [0.2, 0.25) is 0 Å². The van der Waals surface area contributed by atoms with E-state index in [0.29, 0.717) is 11.4 Å². The average Bonchev–Trinajstić information content (AvgIpc) is 3.11. The van der Waals surface area contributed by atoms with Crippen molar-refractivity contribution in [3.8, 4) is 0 Å². The van der Waals surface area contributed by atoms with E-state index in [9.17, 15) is 14.4 Å². The van der Waals surface area contributed by atoms with Crippen molar-refractivity contribution in [1.82, 2.24) is 5.32 Å². The lowest BCUT2D eigenvalue weighted by Gasteiger charge is -2.08. The van der Waals surface area contributed by atoms with Crippen molar-refractivity contribution in [2.75, 3.05) is 10.6 Å². The summed E-state index contributed by atoms with van der Waals surface area (Å²) in [5, 5.41) is 8.00. The fourth-order valence-corrected chi connectivity index (χ4v) is 1.74. The summed E-state index contributed by atoms with van der Waals surface area (Å²) in [6, 6.07) is 7.01. The normalized spacial score (nSPS) is 13.4. The van der Waals surface area contributed by atoms with Gasteiger partial charge >= 0.3 is 0 Å². The third-order valence-electron chi connectivity index (χ3n) is 2.73. The zero-order chi connectivity index (χ0) is 14.5. The average molecular weight is 275 g/mol. The summed E-state index contributed by atoms with van der Waals surface area (Å²) >= 11 is 0. The molecule has 0 aliphatic heterocycles. The molecule has 1 aromatic rings. The van der Waals surface area contributed by atoms with Gasteiger partial charge in [-0.3, -0.25) is 14.4 Å². The van der Waals surface area contributed by atoms with E-state index < -0.39 is 0 Å². The van der Waals surface area contributed by atoms with Gasteiger partial charge in [0.2, 0.25) is 17.7 Å². The SMILES string of the molecule is CC(=O)Nc1cccc(NC(=O)CC(=O)NC2CC2)c1. The predicted octanol–water partition coefficient (Wildman–Crippen LogP) is 1.25. The lowest BCUT2D eigenvalue weighted by molar-refractivity contribution is -0.127. The molecule has 0 radical (unpaired) electrons. The molecule has 1 aliphatic rings. The highest BCUT2D eigenvalue weighted by Gasteiger charge is 2.24. The maximum absolute atomic E-state index is 11.7. The molecule has 6 nitrogen and oxygen atoms in total. The van der Waals surface area contributed by atoms with E-state index in [1.54, 1.807) is 24.3 Å². The summed E-state index contributed by atoms with van der Waals surface area (Å²) in [7, 11) is 0. The number of hydrogen-bond donors (Lipinski definition) is 3. The van der Waals surface area contributed by atoms with E-state index in [1.807, 2.05) is 0 Å². The number of rotatable bonds is 5. The summed E-state index contributed by atoms with van der Waals surface area (Å²) in [5.74, 6) is -0.816. The first-order chi connectivity index (χ1) is 9.52. The molecule has 1 saturated carbocycles. The number of amides is 3. The van der Waals surface area contributed by atoms with Crippen molar-refractivity contribution < 1.29 is 14.4 Å². The number of carbonyl (C=O) groups excluding carboxylic acids is 3. The highest BCUT2D eigenvalue weighted by molar-refractivity contribution is 6.04. The van der Waals surface area contributed by atoms with Crippen molar-refractivity contribution in [3.63, 3.8) is 0 Å². The van der Waals surface area contributed by atoms with Gasteiger partial charge in [-0.15, -0.1) is 0 Å². The van der Waals surface area contributed by atoms with Gasteiger partial charge in [-0.25, -0.2) is 0 Å². The zero-order valence-corrected chi connectivity index (χ0v) is 11.2. The number of carbonyl (C=O) groups is 3. The molecule has 20 heavy (non-hydrogen) atoms. The van der Waals surface area contributed by atoms with Crippen LogP contribution in [0.1, 0.15) is 26.2 Å². The molecule has 0 heterocycles. The van der Waals surface area contributed by atoms with Crippen LogP contribution in [0, 0.1) is 0 Å². The molecule has 3 amide bonds. The first-order valence-corrected chi connectivity index (χ1v) is 6.50. The minimum absolute atomic E-state index is 0.183. The van der Waals surface area contributed by atoms with Crippen molar-refractivity contribution in [2.24, 2.45) is 0 Å².